The number of nitrogens with two attached hydrogens (primary N) is 1. The number of nitrogen functional groups attached to an aromatic ring is 1. The molecule has 0 fully saturated rings. The van der Waals surface area contributed by atoms with Gasteiger partial charge in [0.15, 0.2) is 11.6 Å². The standard InChI is InChI=1S/C9H6ClN3O3/c10-5-2-1-3-6(13(14)15)9(5)7-4-8(11)12-16-7/h1-4H,(H2,11,12). The molecule has 0 saturated carbocycles. The van der Waals surface area contributed by atoms with E-state index in [1.54, 1.807) is 0 Å². The summed E-state index contributed by atoms with van der Waals surface area (Å²) in [7, 11) is 0. The van der Waals surface area contributed by atoms with E-state index in [0.717, 1.165) is 0 Å². The highest BCUT2D eigenvalue weighted by Crippen LogP contribution is 2.36. The summed E-state index contributed by atoms with van der Waals surface area (Å²) in [6.45, 7) is 0. The number of aromatic nitrogens is 1. The summed E-state index contributed by atoms with van der Waals surface area (Å²) in [5.74, 6) is 0.319. The third-order valence-corrected chi connectivity index (χ3v) is 2.28. The van der Waals surface area contributed by atoms with Crippen LogP contribution in [0.2, 0.25) is 5.02 Å². The fourth-order valence-electron chi connectivity index (χ4n) is 1.32. The van der Waals surface area contributed by atoms with Gasteiger partial charge < -0.3 is 10.3 Å². The first-order valence-electron chi connectivity index (χ1n) is 4.25. The maximum Gasteiger partial charge on any atom is 0.281 e. The first-order valence-corrected chi connectivity index (χ1v) is 4.63. The van der Waals surface area contributed by atoms with Crippen molar-refractivity contribution in [1.29, 1.82) is 0 Å². The second-order valence-electron chi connectivity index (χ2n) is 3.01. The molecule has 7 heteroatoms. The highest BCUT2D eigenvalue weighted by Gasteiger charge is 2.21. The number of nitrogens with zero attached hydrogens (tertiary/aromatic N) is 2. The molecule has 2 rings (SSSR count). The minimum absolute atomic E-state index is 0.143. The monoisotopic (exact) mass is 239 g/mol. The van der Waals surface area contributed by atoms with Gasteiger partial charge in [-0.05, 0) is 6.07 Å². The van der Waals surface area contributed by atoms with Crippen LogP contribution in [0, 0.1) is 10.1 Å². The highest BCUT2D eigenvalue weighted by molar-refractivity contribution is 6.33. The van der Waals surface area contributed by atoms with Crippen molar-refractivity contribution >= 4 is 23.1 Å². The molecule has 0 aliphatic carbocycles. The second kappa shape index (κ2) is 3.82. The lowest BCUT2D eigenvalue weighted by molar-refractivity contribution is -0.384. The Morgan fingerprint density at radius 2 is 2.25 bits per heavy atom. The van der Waals surface area contributed by atoms with E-state index in [1.165, 1.54) is 24.3 Å². The summed E-state index contributed by atoms with van der Waals surface area (Å²) >= 11 is 5.88. The van der Waals surface area contributed by atoms with E-state index in [1.807, 2.05) is 0 Å². The van der Waals surface area contributed by atoms with Gasteiger partial charge in [-0.25, -0.2) is 0 Å². The summed E-state index contributed by atoms with van der Waals surface area (Å²) in [6, 6.07) is 5.74. The van der Waals surface area contributed by atoms with Crippen LogP contribution in [0.1, 0.15) is 0 Å². The van der Waals surface area contributed by atoms with Crippen molar-refractivity contribution in [1.82, 2.24) is 5.16 Å². The highest BCUT2D eigenvalue weighted by atomic mass is 35.5. The van der Waals surface area contributed by atoms with Crippen LogP contribution in [0.15, 0.2) is 28.8 Å². The fourth-order valence-corrected chi connectivity index (χ4v) is 1.58. The number of nitro groups is 1. The smallest absolute Gasteiger partial charge is 0.281 e. The number of rotatable bonds is 2. The number of nitro benzene ring substituents is 1. The van der Waals surface area contributed by atoms with Crippen molar-refractivity contribution in [3.63, 3.8) is 0 Å². The van der Waals surface area contributed by atoms with E-state index in [0.29, 0.717) is 0 Å². The lowest BCUT2D eigenvalue weighted by Gasteiger charge is -2.00. The van der Waals surface area contributed by atoms with Crippen molar-refractivity contribution in [3.05, 3.63) is 39.4 Å². The van der Waals surface area contributed by atoms with Crippen LogP contribution in [-0.2, 0) is 0 Å². The van der Waals surface area contributed by atoms with Crippen LogP contribution >= 0.6 is 11.6 Å². The number of anilines is 1. The molecule has 0 aliphatic rings. The minimum atomic E-state index is -0.542. The van der Waals surface area contributed by atoms with Crippen molar-refractivity contribution < 1.29 is 9.45 Å². The van der Waals surface area contributed by atoms with Gasteiger partial charge in [0.05, 0.1) is 9.95 Å². The van der Waals surface area contributed by atoms with Crippen LogP contribution < -0.4 is 5.73 Å². The van der Waals surface area contributed by atoms with Crippen molar-refractivity contribution in [3.8, 4) is 11.3 Å². The normalized spacial score (nSPS) is 10.3. The maximum atomic E-state index is 10.8. The molecule has 1 aromatic heterocycles. The molecule has 0 spiro atoms. The Morgan fingerprint density at radius 1 is 1.50 bits per heavy atom. The molecule has 0 bridgehead atoms. The Labute approximate surface area is 94.7 Å². The van der Waals surface area contributed by atoms with Crippen LogP contribution in [-0.4, -0.2) is 10.1 Å². The van der Waals surface area contributed by atoms with Gasteiger partial charge >= 0.3 is 0 Å². The molecule has 1 heterocycles. The molecule has 1 aromatic carbocycles. The molecule has 0 aliphatic heterocycles. The predicted octanol–water partition coefficient (Wildman–Crippen LogP) is 2.49. The Hall–Kier alpha value is -2.08. The van der Waals surface area contributed by atoms with Crippen molar-refractivity contribution in [2.45, 2.75) is 0 Å². The number of hydrogen-bond donors (Lipinski definition) is 1. The SMILES string of the molecule is Nc1cc(-c2c(Cl)cccc2[N+](=O)[O-])on1. The summed E-state index contributed by atoms with van der Waals surface area (Å²) in [4.78, 5) is 10.3. The summed E-state index contributed by atoms with van der Waals surface area (Å²) in [5, 5.41) is 14.5. The number of hydrogen-bond acceptors (Lipinski definition) is 5. The maximum absolute atomic E-state index is 10.8. The summed E-state index contributed by atoms with van der Waals surface area (Å²) < 4.78 is 4.86. The molecule has 0 radical (unpaired) electrons. The Morgan fingerprint density at radius 3 is 2.81 bits per heavy atom. The quantitative estimate of drug-likeness (QED) is 0.642. The Kier molecular flexibility index (Phi) is 2.49. The molecular formula is C9H6ClN3O3. The molecule has 6 nitrogen and oxygen atoms in total. The van der Waals surface area contributed by atoms with E-state index in [9.17, 15) is 10.1 Å². The molecule has 0 atom stereocenters. The third kappa shape index (κ3) is 1.70. The largest absolute Gasteiger partial charge is 0.381 e. The topological polar surface area (TPSA) is 95.2 Å². The molecule has 2 aromatic rings. The van der Waals surface area contributed by atoms with Crippen LogP contribution in [0.25, 0.3) is 11.3 Å². The first kappa shape index (κ1) is 10.4. The van der Waals surface area contributed by atoms with Gasteiger partial charge in [-0.15, -0.1) is 0 Å². The van der Waals surface area contributed by atoms with E-state index in [2.05, 4.69) is 5.16 Å². The molecule has 0 amide bonds. The molecule has 82 valence electrons. The Bertz CT molecular complexity index is 553. The van der Waals surface area contributed by atoms with E-state index in [4.69, 9.17) is 21.9 Å². The zero-order chi connectivity index (χ0) is 11.7. The summed E-state index contributed by atoms with van der Waals surface area (Å²) in [5.41, 5.74) is 5.40. The Balaban J connectivity index is 2.67. The van der Waals surface area contributed by atoms with Gasteiger partial charge in [-0.2, -0.15) is 0 Å². The van der Waals surface area contributed by atoms with Crippen molar-refractivity contribution in [2.75, 3.05) is 5.73 Å². The van der Waals surface area contributed by atoms with Gasteiger partial charge in [-0.3, -0.25) is 10.1 Å². The number of halogens is 1. The van der Waals surface area contributed by atoms with Crippen LogP contribution in [0.3, 0.4) is 0 Å². The second-order valence-corrected chi connectivity index (χ2v) is 3.41. The minimum Gasteiger partial charge on any atom is -0.381 e. The van der Waals surface area contributed by atoms with E-state index < -0.39 is 4.92 Å². The van der Waals surface area contributed by atoms with Gasteiger partial charge in [0.1, 0.15) is 5.56 Å². The molecule has 16 heavy (non-hydrogen) atoms. The zero-order valence-corrected chi connectivity index (χ0v) is 8.64. The molecule has 0 saturated heterocycles. The van der Waals surface area contributed by atoms with Gasteiger partial charge in [0, 0.05) is 12.1 Å². The number of benzene rings is 1. The summed E-state index contributed by atoms with van der Waals surface area (Å²) in [6.07, 6.45) is 0. The van der Waals surface area contributed by atoms with Crippen LogP contribution in [0.5, 0.6) is 0 Å². The van der Waals surface area contributed by atoms with Gasteiger partial charge in [0.2, 0.25) is 0 Å². The van der Waals surface area contributed by atoms with Crippen LogP contribution in [0.4, 0.5) is 11.5 Å². The molecular weight excluding hydrogens is 234 g/mol. The lowest BCUT2D eigenvalue weighted by atomic mass is 10.1. The van der Waals surface area contributed by atoms with Crippen molar-refractivity contribution in [2.24, 2.45) is 0 Å². The van der Waals surface area contributed by atoms with E-state index >= 15 is 0 Å². The zero-order valence-electron chi connectivity index (χ0n) is 7.88. The van der Waals surface area contributed by atoms with Gasteiger partial charge in [0.25, 0.3) is 5.69 Å². The van der Waals surface area contributed by atoms with Gasteiger partial charge in [-0.1, -0.05) is 22.8 Å². The molecule has 0 unspecified atom stereocenters. The van der Waals surface area contributed by atoms with E-state index in [-0.39, 0.29) is 27.9 Å². The third-order valence-electron chi connectivity index (χ3n) is 1.96. The average Bonchev–Trinajstić information content (AvgIpc) is 2.64. The first-order chi connectivity index (χ1) is 7.59. The fraction of sp³-hybridized carbons (Fsp3) is 0. The lowest BCUT2D eigenvalue weighted by Crippen LogP contribution is -1.91. The predicted molar refractivity (Wildman–Crippen MR) is 58.0 cm³/mol. The molecule has 2 N–H and O–H groups in total. The average molecular weight is 240 g/mol.